The zero-order valence-corrected chi connectivity index (χ0v) is 20.2. The number of rotatable bonds is 6. The van der Waals surface area contributed by atoms with E-state index in [-0.39, 0.29) is 11.5 Å². The van der Waals surface area contributed by atoms with E-state index < -0.39 is 18.8 Å². The Hall–Kier alpha value is -1.08. The molecule has 0 aromatic rings. The molecule has 1 aliphatic heterocycles. The Morgan fingerprint density at radius 1 is 1.24 bits per heavy atom. The second-order valence-corrected chi connectivity index (χ2v) is 11.2. The highest BCUT2D eigenvalue weighted by Gasteiger charge is 2.51. The smallest absolute Gasteiger partial charge is 0.345 e. The molecule has 1 saturated heterocycles. The summed E-state index contributed by atoms with van der Waals surface area (Å²) in [6, 6.07) is 0. The second-order valence-electron chi connectivity index (χ2n) is 11.2. The van der Waals surface area contributed by atoms with E-state index in [0.717, 1.165) is 30.7 Å². The predicted molar refractivity (Wildman–Crippen MR) is 126 cm³/mol. The van der Waals surface area contributed by atoms with Crippen LogP contribution in [0.2, 0.25) is 0 Å². The lowest BCUT2D eigenvalue weighted by atomic mass is 9.61. The van der Waals surface area contributed by atoms with Gasteiger partial charge in [-0.25, -0.2) is 0 Å². The van der Waals surface area contributed by atoms with Crippen molar-refractivity contribution in [2.75, 3.05) is 19.6 Å². The number of hydrogen-bond donors (Lipinski definition) is 2. The number of nitrogens with zero attached hydrogens (tertiary/aromatic N) is 1. The monoisotopic (exact) mass is 465 g/mol. The largest absolute Gasteiger partial charge is 0.393 e. The molecule has 7 atom stereocenters. The van der Waals surface area contributed by atoms with Crippen molar-refractivity contribution in [2.24, 2.45) is 23.2 Å². The van der Waals surface area contributed by atoms with Crippen molar-refractivity contribution in [3.63, 3.8) is 0 Å². The summed E-state index contributed by atoms with van der Waals surface area (Å²) < 4.78 is 29.9. The zero-order chi connectivity index (χ0) is 23.8. The lowest BCUT2D eigenvalue weighted by Crippen LogP contribution is -2.39. The van der Waals surface area contributed by atoms with E-state index in [1.54, 1.807) is 0 Å². The van der Waals surface area contributed by atoms with Crippen molar-refractivity contribution >= 4 is 0 Å². The number of alkyl halides is 2. The molecule has 0 radical (unpaired) electrons. The van der Waals surface area contributed by atoms with Crippen LogP contribution in [0.3, 0.4) is 0 Å². The van der Waals surface area contributed by atoms with E-state index in [4.69, 9.17) is 4.74 Å². The first-order valence-corrected chi connectivity index (χ1v) is 12.8. The van der Waals surface area contributed by atoms with Crippen molar-refractivity contribution in [1.82, 2.24) is 4.90 Å². The number of likely N-dealkylation sites (tertiary alicyclic amines) is 1. The summed E-state index contributed by atoms with van der Waals surface area (Å²) in [5, 5.41) is 20.2. The van der Waals surface area contributed by atoms with Crippen LogP contribution < -0.4 is 0 Å². The maximum Gasteiger partial charge on any atom is 0.345 e. The van der Waals surface area contributed by atoms with Crippen LogP contribution in [0.4, 0.5) is 8.78 Å². The molecule has 1 unspecified atom stereocenters. The van der Waals surface area contributed by atoms with Gasteiger partial charge in [-0.15, -0.1) is 0 Å². The molecule has 4 rings (SSSR count). The molecule has 0 bridgehead atoms. The maximum absolute atomic E-state index is 12.6. The Labute approximate surface area is 197 Å². The van der Waals surface area contributed by atoms with Crippen LogP contribution in [0.5, 0.6) is 0 Å². The van der Waals surface area contributed by atoms with Gasteiger partial charge < -0.3 is 19.8 Å². The van der Waals surface area contributed by atoms with Crippen LogP contribution in [-0.4, -0.2) is 59.7 Å². The number of hydrogen-bond acceptors (Lipinski definition) is 4. The Kier molecular flexibility index (Phi) is 7.79. The van der Waals surface area contributed by atoms with Crippen LogP contribution in [0.1, 0.15) is 65.2 Å². The van der Waals surface area contributed by atoms with Crippen LogP contribution >= 0.6 is 0 Å². The fraction of sp³-hybridized carbons (Fsp3) is 0.778. The molecule has 0 aromatic heterocycles. The van der Waals surface area contributed by atoms with Crippen molar-refractivity contribution in [2.45, 2.75) is 90.1 Å². The molecule has 4 fully saturated rings. The zero-order valence-electron chi connectivity index (χ0n) is 20.2. The van der Waals surface area contributed by atoms with E-state index in [1.807, 2.05) is 0 Å². The summed E-state index contributed by atoms with van der Waals surface area (Å²) in [5.41, 5.74) is 3.48. The number of halogens is 2. The van der Waals surface area contributed by atoms with E-state index in [0.29, 0.717) is 43.6 Å². The van der Waals surface area contributed by atoms with Gasteiger partial charge in [-0.05, 0) is 79.3 Å². The summed E-state index contributed by atoms with van der Waals surface area (Å²) in [6.45, 7) is 8.58. The molecule has 1 heterocycles. The third kappa shape index (κ3) is 5.44. The lowest BCUT2D eigenvalue weighted by molar-refractivity contribution is -0.158. The number of allylic oxidation sites excluding steroid dienone is 3. The maximum atomic E-state index is 12.6. The Morgan fingerprint density at radius 3 is 2.79 bits per heavy atom. The van der Waals surface area contributed by atoms with Gasteiger partial charge in [0.15, 0.2) is 0 Å². The number of fused-ring (bicyclic) bond motifs is 1. The van der Waals surface area contributed by atoms with E-state index in [1.165, 1.54) is 31.3 Å². The predicted octanol–water partition coefficient (Wildman–Crippen LogP) is 5.08. The van der Waals surface area contributed by atoms with Crippen LogP contribution in [0, 0.1) is 23.2 Å². The number of aliphatic hydroxyl groups excluding tert-OH is 2. The van der Waals surface area contributed by atoms with E-state index >= 15 is 0 Å². The fourth-order valence-corrected chi connectivity index (χ4v) is 7.43. The topological polar surface area (TPSA) is 52.9 Å². The normalized spacial score (nSPS) is 41.3. The summed E-state index contributed by atoms with van der Waals surface area (Å²) >= 11 is 0. The fourth-order valence-electron chi connectivity index (χ4n) is 7.43. The number of ether oxygens (including phenoxy) is 1. The Bertz CT molecular complexity index is 781. The Balaban J connectivity index is 1.42. The highest BCUT2D eigenvalue weighted by molar-refractivity contribution is 5.38. The van der Waals surface area contributed by atoms with E-state index in [9.17, 15) is 19.0 Å². The molecule has 186 valence electrons. The average Bonchev–Trinajstić information content (AvgIpc) is 3.32. The molecule has 33 heavy (non-hydrogen) atoms. The van der Waals surface area contributed by atoms with E-state index in [2.05, 4.69) is 37.5 Å². The Morgan fingerprint density at radius 2 is 2.03 bits per heavy atom. The minimum absolute atomic E-state index is 0.267. The van der Waals surface area contributed by atoms with Crippen LogP contribution in [0.15, 0.2) is 35.5 Å². The van der Waals surface area contributed by atoms with Gasteiger partial charge in [0.05, 0.1) is 18.3 Å². The summed E-state index contributed by atoms with van der Waals surface area (Å²) in [4.78, 5) is 2.31. The van der Waals surface area contributed by atoms with Crippen LogP contribution in [0.25, 0.3) is 0 Å². The van der Waals surface area contributed by atoms with Crippen molar-refractivity contribution < 1.29 is 23.7 Å². The standard InChI is InChI=1S/C27H41F2NO3/c1-17(15-30-12-10-22(16-30)33-26(28)29)23-8-9-24-19(5-4-11-27(23,24)3)6-7-20-13-21(31)14-25(32)18(20)2/h6-7,17,21-26,31-32H,2,4-5,8-16H2,1,3H3/b19-6+,20-7-/t17?,21-,22+,23-,24+,25+,27-/m1/s1. The number of aliphatic hydroxyl groups is 2. The van der Waals surface area contributed by atoms with Crippen molar-refractivity contribution in [3.8, 4) is 0 Å². The van der Waals surface area contributed by atoms with Crippen molar-refractivity contribution in [1.29, 1.82) is 0 Å². The van der Waals surface area contributed by atoms with Crippen molar-refractivity contribution in [3.05, 3.63) is 35.5 Å². The SMILES string of the molecule is C=C1/C(=C\C=C2/CCC[C@]3(C)[C@@H](C(C)CN4CC[C@H](OC(F)F)C4)CC[C@@H]23)C[C@@H](O)C[C@@H]1O. The minimum Gasteiger partial charge on any atom is -0.393 e. The first-order valence-electron chi connectivity index (χ1n) is 12.8. The van der Waals surface area contributed by atoms with Gasteiger partial charge in [-0.3, -0.25) is 0 Å². The quantitative estimate of drug-likeness (QED) is 0.575. The molecule has 4 aliphatic rings. The highest BCUT2D eigenvalue weighted by atomic mass is 19.3. The highest BCUT2D eigenvalue weighted by Crippen LogP contribution is 2.59. The third-order valence-corrected chi connectivity index (χ3v) is 9.06. The summed E-state index contributed by atoms with van der Waals surface area (Å²) in [5.74, 6) is 1.71. The van der Waals surface area contributed by atoms with Gasteiger partial charge in [0.2, 0.25) is 0 Å². The molecule has 6 heteroatoms. The molecule has 0 aromatic carbocycles. The van der Waals surface area contributed by atoms with Gasteiger partial charge in [-0.2, -0.15) is 8.78 Å². The van der Waals surface area contributed by atoms with Gasteiger partial charge >= 0.3 is 6.61 Å². The molecule has 0 spiro atoms. The van der Waals surface area contributed by atoms with Crippen LogP contribution in [-0.2, 0) is 4.74 Å². The first kappa shape index (κ1) is 25.0. The minimum atomic E-state index is -2.68. The average molecular weight is 466 g/mol. The molecular formula is C27H41F2NO3. The lowest BCUT2D eigenvalue weighted by Gasteiger charge is -2.45. The molecule has 2 N–H and O–H groups in total. The summed E-state index contributed by atoms with van der Waals surface area (Å²) in [6.07, 6.45) is 10.4. The second kappa shape index (κ2) is 10.3. The molecule has 4 nitrogen and oxygen atoms in total. The third-order valence-electron chi connectivity index (χ3n) is 9.06. The van der Waals surface area contributed by atoms with Gasteiger partial charge in [0.1, 0.15) is 0 Å². The molecular weight excluding hydrogens is 424 g/mol. The molecule has 3 saturated carbocycles. The summed E-state index contributed by atoms with van der Waals surface area (Å²) in [7, 11) is 0. The van der Waals surface area contributed by atoms with Gasteiger partial charge in [0.25, 0.3) is 0 Å². The van der Waals surface area contributed by atoms with Gasteiger partial charge in [0, 0.05) is 26.1 Å². The van der Waals surface area contributed by atoms with Gasteiger partial charge in [-0.1, -0.05) is 38.2 Å². The first-order chi connectivity index (χ1) is 15.7. The molecule has 3 aliphatic carbocycles. The molecule has 0 amide bonds.